The summed E-state index contributed by atoms with van der Waals surface area (Å²) in [6.45, 7) is 6.79. The Balaban J connectivity index is 1.62. The third-order valence-corrected chi connectivity index (χ3v) is 4.59. The number of carbonyl (C=O) groups excluding carboxylic acids is 2. The summed E-state index contributed by atoms with van der Waals surface area (Å²) < 4.78 is 5.54. The summed E-state index contributed by atoms with van der Waals surface area (Å²) >= 11 is 0. The van der Waals surface area contributed by atoms with Crippen LogP contribution >= 0.6 is 0 Å². The molecule has 3 rings (SSSR count). The molecule has 1 aromatic rings. The topological polar surface area (TPSA) is 61.9 Å². The number of carbonyl (C=O) groups is 2. The third-order valence-electron chi connectivity index (χ3n) is 4.59. The quantitative estimate of drug-likeness (QED) is 0.875. The van der Waals surface area contributed by atoms with E-state index in [2.05, 4.69) is 16.3 Å². The number of fused-ring (bicyclic) bond motifs is 1. The van der Waals surface area contributed by atoms with Crippen molar-refractivity contribution >= 4 is 11.8 Å². The van der Waals surface area contributed by atoms with Crippen molar-refractivity contribution in [3.05, 3.63) is 29.8 Å². The van der Waals surface area contributed by atoms with E-state index in [1.807, 2.05) is 30.0 Å². The molecule has 2 aliphatic rings. The second-order valence-electron chi connectivity index (χ2n) is 6.58. The van der Waals surface area contributed by atoms with E-state index < -0.39 is 0 Å². The first-order chi connectivity index (χ1) is 11.5. The molecule has 130 valence electrons. The lowest BCUT2D eigenvalue weighted by Gasteiger charge is -2.36. The molecular weight excluding hydrogens is 306 g/mol. The second kappa shape index (κ2) is 7.21. The molecule has 24 heavy (non-hydrogen) atoms. The highest BCUT2D eigenvalue weighted by molar-refractivity contribution is 5.80. The van der Waals surface area contributed by atoms with Crippen molar-refractivity contribution in [1.82, 2.24) is 15.1 Å². The molecule has 0 aliphatic carbocycles. The normalized spacial score (nSPS) is 23.9. The van der Waals surface area contributed by atoms with Crippen LogP contribution < -0.4 is 10.1 Å². The molecule has 2 atom stereocenters. The van der Waals surface area contributed by atoms with Gasteiger partial charge in [0.2, 0.25) is 11.8 Å². The molecule has 6 nitrogen and oxygen atoms in total. The number of rotatable bonds is 5. The molecule has 0 spiro atoms. The average Bonchev–Trinajstić information content (AvgIpc) is 2.90. The van der Waals surface area contributed by atoms with E-state index in [0.29, 0.717) is 19.7 Å². The van der Waals surface area contributed by atoms with Crippen LogP contribution in [0.25, 0.3) is 0 Å². The maximum atomic E-state index is 12.4. The summed E-state index contributed by atoms with van der Waals surface area (Å²) in [5.41, 5.74) is 1.15. The Kier molecular flexibility index (Phi) is 5.04. The predicted octanol–water partition coefficient (Wildman–Crippen LogP) is 1.01. The largest absolute Gasteiger partial charge is 0.494 e. The second-order valence-corrected chi connectivity index (χ2v) is 6.58. The fourth-order valence-electron chi connectivity index (χ4n) is 3.71. The van der Waals surface area contributed by atoms with Gasteiger partial charge in [-0.15, -0.1) is 0 Å². The number of ether oxygens (including phenoxy) is 1. The van der Waals surface area contributed by atoms with Crippen LogP contribution in [0.2, 0.25) is 0 Å². The first-order valence-electron chi connectivity index (χ1n) is 8.56. The molecule has 0 radical (unpaired) electrons. The maximum absolute atomic E-state index is 12.4. The van der Waals surface area contributed by atoms with Crippen LogP contribution in [0.15, 0.2) is 24.3 Å². The molecule has 2 unspecified atom stereocenters. The van der Waals surface area contributed by atoms with E-state index in [1.54, 1.807) is 0 Å². The Hall–Kier alpha value is -2.08. The highest BCUT2D eigenvalue weighted by Crippen LogP contribution is 2.24. The fourth-order valence-corrected chi connectivity index (χ4v) is 3.71. The van der Waals surface area contributed by atoms with Gasteiger partial charge in [0.1, 0.15) is 5.75 Å². The molecule has 2 saturated heterocycles. The van der Waals surface area contributed by atoms with Gasteiger partial charge in [0.25, 0.3) is 0 Å². The molecule has 0 saturated carbocycles. The van der Waals surface area contributed by atoms with E-state index in [1.165, 1.54) is 6.92 Å². The molecule has 1 N–H and O–H groups in total. The van der Waals surface area contributed by atoms with Crippen molar-refractivity contribution in [2.45, 2.75) is 38.9 Å². The Bertz CT molecular complexity index is 619. The van der Waals surface area contributed by atoms with Crippen molar-refractivity contribution in [2.75, 3.05) is 26.2 Å². The van der Waals surface area contributed by atoms with Gasteiger partial charge < -0.3 is 15.0 Å². The molecule has 0 aromatic heterocycles. The van der Waals surface area contributed by atoms with Gasteiger partial charge in [-0.1, -0.05) is 12.1 Å². The van der Waals surface area contributed by atoms with Gasteiger partial charge in [0.15, 0.2) is 0 Å². The van der Waals surface area contributed by atoms with Gasteiger partial charge in [0.05, 0.1) is 13.2 Å². The van der Waals surface area contributed by atoms with Crippen molar-refractivity contribution in [3.8, 4) is 5.75 Å². The van der Waals surface area contributed by atoms with Gasteiger partial charge in [0, 0.05) is 38.6 Å². The smallest absolute Gasteiger partial charge is 0.237 e. The fraction of sp³-hybridized carbons (Fsp3) is 0.556. The molecule has 6 heteroatoms. The van der Waals surface area contributed by atoms with Crippen molar-refractivity contribution < 1.29 is 14.3 Å². The highest BCUT2D eigenvalue weighted by Gasteiger charge is 2.40. The summed E-state index contributed by atoms with van der Waals surface area (Å²) in [5, 5.41) is 2.94. The van der Waals surface area contributed by atoms with Crippen molar-refractivity contribution in [2.24, 2.45) is 0 Å². The van der Waals surface area contributed by atoms with E-state index in [0.717, 1.165) is 30.8 Å². The molecular formula is C18H25N3O3. The minimum atomic E-state index is -0.0307. The summed E-state index contributed by atoms with van der Waals surface area (Å²) in [4.78, 5) is 27.8. The molecule has 2 amide bonds. The van der Waals surface area contributed by atoms with Crippen LogP contribution in [-0.4, -0.2) is 59.9 Å². The molecule has 1 aromatic carbocycles. The number of amides is 2. The number of nitrogens with zero attached hydrogens (tertiary/aromatic N) is 2. The molecule has 2 aliphatic heterocycles. The monoisotopic (exact) mass is 331 g/mol. The van der Waals surface area contributed by atoms with E-state index >= 15 is 0 Å². The van der Waals surface area contributed by atoms with Gasteiger partial charge in [-0.05, 0) is 31.0 Å². The van der Waals surface area contributed by atoms with Crippen LogP contribution in [0.5, 0.6) is 5.75 Å². The lowest BCUT2D eigenvalue weighted by atomic mass is 10.1. The number of piperazine rings is 1. The first kappa shape index (κ1) is 16.8. The minimum Gasteiger partial charge on any atom is -0.494 e. The molecule has 2 fully saturated rings. The summed E-state index contributed by atoms with van der Waals surface area (Å²) in [6.07, 6.45) is 0.834. The van der Waals surface area contributed by atoms with E-state index in [4.69, 9.17) is 4.74 Å². The zero-order chi connectivity index (χ0) is 17.1. The summed E-state index contributed by atoms with van der Waals surface area (Å²) in [7, 11) is 0. The SMILES string of the molecule is CCOc1cccc(CN2CC(=O)N3CC(NC(C)=O)CC3C2)c1. The first-order valence-corrected chi connectivity index (χ1v) is 8.56. The minimum absolute atomic E-state index is 0.0307. The highest BCUT2D eigenvalue weighted by atomic mass is 16.5. The third kappa shape index (κ3) is 3.87. The Morgan fingerprint density at radius 2 is 2.21 bits per heavy atom. The Morgan fingerprint density at radius 1 is 1.38 bits per heavy atom. The molecule has 0 bridgehead atoms. The van der Waals surface area contributed by atoms with Gasteiger partial charge in [-0.3, -0.25) is 14.5 Å². The van der Waals surface area contributed by atoms with Crippen LogP contribution in [0.1, 0.15) is 25.8 Å². The molecule has 2 heterocycles. The van der Waals surface area contributed by atoms with E-state index in [-0.39, 0.29) is 23.9 Å². The van der Waals surface area contributed by atoms with Crippen LogP contribution in [0.3, 0.4) is 0 Å². The van der Waals surface area contributed by atoms with E-state index in [9.17, 15) is 9.59 Å². The lowest BCUT2D eigenvalue weighted by molar-refractivity contribution is -0.138. The number of hydrogen-bond acceptors (Lipinski definition) is 4. The van der Waals surface area contributed by atoms with Crippen molar-refractivity contribution in [1.29, 1.82) is 0 Å². The number of hydrogen-bond donors (Lipinski definition) is 1. The average molecular weight is 331 g/mol. The zero-order valence-electron chi connectivity index (χ0n) is 14.3. The van der Waals surface area contributed by atoms with Gasteiger partial charge >= 0.3 is 0 Å². The standard InChI is InChI=1S/C18H25N3O3/c1-3-24-17-6-4-5-14(7-17)9-20-11-16-8-15(19-13(2)22)10-21(16)18(23)12-20/h4-7,15-16H,3,8-12H2,1-2H3,(H,19,22). The van der Waals surface area contributed by atoms with Gasteiger partial charge in [-0.2, -0.15) is 0 Å². The summed E-state index contributed by atoms with van der Waals surface area (Å²) in [5.74, 6) is 0.989. The maximum Gasteiger partial charge on any atom is 0.237 e. The Labute approximate surface area is 142 Å². The van der Waals surface area contributed by atoms with Crippen LogP contribution in [0, 0.1) is 0 Å². The lowest BCUT2D eigenvalue weighted by Crippen LogP contribution is -2.53. The predicted molar refractivity (Wildman–Crippen MR) is 90.6 cm³/mol. The van der Waals surface area contributed by atoms with Crippen LogP contribution in [0.4, 0.5) is 0 Å². The van der Waals surface area contributed by atoms with Crippen LogP contribution in [-0.2, 0) is 16.1 Å². The van der Waals surface area contributed by atoms with Crippen molar-refractivity contribution in [3.63, 3.8) is 0 Å². The Morgan fingerprint density at radius 3 is 2.96 bits per heavy atom. The number of benzene rings is 1. The summed E-state index contributed by atoms with van der Waals surface area (Å²) in [6, 6.07) is 8.31. The zero-order valence-corrected chi connectivity index (χ0v) is 14.3. The van der Waals surface area contributed by atoms with Gasteiger partial charge in [-0.25, -0.2) is 0 Å². The number of nitrogens with one attached hydrogen (secondary N) is 1.